The summed E-state index contributed by atoms with van der Waals surface area (Å²) in [4.78, 5) is 21.3. The van der Waals surface area contributed by atoms with Crippen LogP contribution >= 0.6 is 0 Å². The van der Waals surface area contributed by atoms with Gasteiger partial charge in [-0.25, -0.2) is 4.79 Å². The number of rotatable bonds is 6. The smallest absolute Gasteiger partial charge is 0.341 e. The van der Waals surface area contributed by atoms with Crippen LogP contribution < -0.4 is 0 Å². The lowest BCUT2D eigenvalue weighted by Gasteiger charge is -2.00. The van der Waals surface area contributed by atoms with Gasteiger partial charge in [0.2, 0.25) is 0 Å². The molecule has 0 unspecified atom stereocenters. The Bertz CT molecular complexity index is 346. The molecule has 0 aromatic carbocycles. The molecule has 3 nitrogen and oxygen atoms in total. The van der Waals surface area contributed by atoms with Crippen molar-refractivity contribution in [3.63, 3.8) is 0 Å². The zero-order valence-electron chi connectivity index (χ0n) is 9.60. The summed E-state index contributed by atoms with van der Waals surface area (Å²) in [6.07, 6.45) is 9.31. The van der Waals surface area contributed by atoms with Gasteiger partial charge in [0.05, 0.1) is 0 Å². The van der Waals surface area contributed by atoms with Crippen molar-refractivity contribution in [3.8, 4) is 0 Å². The zero-order chi connectivity index (χ0) is 12.4. The van der Waals surface area contributed by atoms with Crippen molar-refractivity contribution >= 4 is 12.4 Å². The van der Waals surface area contributed by atoms with Gasteiger partial charge in [0, 0.05) is 5.57 Å². The number of ether oxygens (including phenoxy) is 1. The first-order valence-corrected chi connectivity index (χ1v) is 4.96. The predicted molar refractivity (Wildman–Crippen MR) is 63.6 cm³/mol. The number of allylic oxidation sites excluding steroid dienone is 6. The summed E-state index contributed by atoms with van der Waals surface area (Å²) in [5.74, 6) is -0.599. The van der Waals surface area contributed by atoms with E-state index < -0.39 is 5.97 Å². The van der Waals surface area contributed by atoms with E-state index >= 15 is 0 Å². The molecule has 0 aliphatic carbocycles. The minimum Gasteiger partial charge on any atom is -0.392 e. The van der Waals surface area contributed by atoms with Crippen LogP contribution in [-0.2, 0) is 14.3 Å². The second kappa shape index (κ2) is 8.41. The highest BCUT2D eigenvalue weighted by atomic mass is 16.6. The normalized spacial score (nSPS) is 12.6. The lowest BCUT2D eigenvalue weighted by atomic mass is 10.1. The lowest BCUT2D eigenvalue weighted by molar-refractivity contribution is -0.148. The van der Waals surface area contributed by atoms with Gasteiger partial charge in [-0.1, -0.05) is 43.4 Å². The van der Waals surface area contributed by atoms with E-state index in [2.05, 4.69) is 11.3 Å². The van der Waals surface area contributed by atoms with Crippen LogP contribution in [0, 0.1) is 0 Å². The highest BCUT2D eigenvalue weighted by molar-refractivity contribution is 5.92. The van der Waals surface area contributed by atoms with Crippen LogP contribution in [0.15, 0.2) is 48.1 Å². The molecule has 3 heteroatoms. The molecule has 0 N–H and O–H groups in total. The molecule has 0 radical (unpaired) electrons. The van der Waals surface area contributed by atoms with Crippen LogP contribution in [0.4, 0.5) is 0 Å². The Kier molecular flexibility index (Phi) is 7.41. The molecule has 0 heterocycles. The van der Waals surface area contributed by atoms with Crippen LogP contribution in [-0.4, -0.2) is 12.4 Å². The third kappa shape index (κ3) is 5.75. The highest BCUT2D eigenvalue weighted by Gasteiger charge is 2.07. The molecule has 0 saturated carbocycles. The molecular formula is C13H16O3. The molecule has 0 aromatic rings. The molecule has 0 rings (SSSR count). The lowest BCUT2D eigenvalue weighted by Crippen LogP contribution is -2.06. The van der Waals surface area contributed by atoms with Crippen molar-refractivity contribution in [2.24, 2.45) is 0 Å². The van der Waals surface area contributed by atoms with E-state index in [1.807, 2.05) is 26.0 Å². The first kappa shape index (κ1) is 14.1. The SMILES string of the molecule is C=C\C=C/C=C(C)/C=C(\CC)C(=O)OC=O. The summed E-state index contributed by atoms with van der Waals surface area (Å²) in [5, 5.41) is 0. The Labute approximate surface area is 95.8 Å². The Hall–Kier alpha value is -1.90. The number of esters is 1. The summed E-state index contributed by atoms with van der Waals surface area (Å²) in [6, 6.07) is 0. The number of hydrogen-bond donors (Lipinski definition) is 0. The molecule has 0 fully saturated rings. The molecule has 86 valence electrons. The molecular weight excluding hydrogens is 204 g/mol. The van der Waals surface area contributed by atoms with Gasteiger partial charge in [0.25, 0.3) is 0 Å². The summed E-state index contributed by atoms with van der Waals surface area (Å²) in [6.45, 7) is 7.37. The Balaban J connectivity index is 4.74. The summed E-state index contributed by atoms with van der Waals surface area (Å²) in [7, 11) is 0. The van der Waals surface area contributed by atoms with Crippen LogP contribution in [0.25, 0.3) is 0 Å². The van der Waals surface area contributed by atoms with Crippen molar-refractivity contribution in [2.45, 2.75) is 20.3 Å². The highest BCUT2D eigenvalue weighted by Crippen LogP contribution is 2.08. The molecule has 0 bridgehead atoms. The average Bonchev–Trinajstić information content (AvgIpc) is 2.26. The summed E-state index contributed by atoms with van der Waals surface area (Å²) < 4.78 is 4.27. The Morgan fingerprint density at radius 2 is 2.06 bits per heavy atom. The van der Waals surface area contributed by atoms with Crippen LogP contribution in [0.2, 0.25) is 0 Å². The molecule has 0 saturated heterocycles. The minimum atomic E-state index is -0.599. The van der Waals surface area contributed by atoms with Gasteiger partial charge in [0.15, 0.2) is 0 Å². The first-order chi connectivity index (χ1) is 7.65. The van der Waals surface area contributed by atoms with Crippen LogP contribution in [0.5, 0.6) is 0 Å². The maximum Gasteiger partial charge on any atom is 0.341 e. The van der Waals surface area contributed by atoms with Gasteiger partial charge >= 0.3 is 12.4 Å². The molecule has 0 amide bonds. The Morgan fingerprint density at radius 3 is 2.56 bits per heavy atom. The second-order valence-electron chi connectivity index (χ2n) is 3.06. The number of carbonyl (C=O) groups is 2. The van der Waals surface area contributed by atoms with Crippen molar-refractivity contribution in [3.05, 3.63) is 48.1 Å². The van der Waals surface area contributed by atoms with E-state index in [0.29, 0.717) is 12.0 Å². The van der Waals surface area contributed by atoms with Gasteiger partial charge in [0.1, 0.15) is 0 Å². The average molecular weight is 220 g/mol. The molecule has 16 heavy (non-hydrogen) atoms. The zero-order valence-corrected chi connectivity index (χ0v) is 9.60. The van der Waals surface area contributed by atoms with Crippen molar-refractivity contribution in [1.82, 2.24) is 0 Å². The van der Waals surface area contributed by atoms with Crippen LogP contribution in [0.1, 0.15) is 20.3 Å². The fraction of sp³-hybridized carbons (Fsp3) is 0.231. The number of hydrogen-bond acceptors (Lipinski definition) is 3. The molecule has 0 aromatic heterocycles. The van der Waals surface area contributed by atoms with Crippen molar-refractivity contribution in [2.75, 3.05) is 0 Å². The van der Waals surface area contributed by atoms with Gasteiger partial charge in [-0.05, 0) is 19.4 Å². The van der Waals surface area contributed by atoms with E-state index in [-0.39, 0.29) is 6.47 Å². The standard InChI is InChI=1S/C13H16O3/c1-4-6-7-8-11(3)9-12(5-2)13(15)16-10-14/h4,6-10H,1,5H2,2-3H3/b7-6-,11-8+,12-9+. The van der Waals surface area contributed by atoms with Gasteiger partial charge in [-0.3, -0.25) is 4.79 Å². The van der Waals surface area contributed by atoms with Gasteiger partial charge in [-0.2, -0.15) is 0 Å². The molecule has 0 aliphatic heterocycles. The van der Waals surface area contributed by atoms with E-state index in [1.54, 1.807) is 18.2 Å². The maximum absolute atomic E-state index is 11.3. The fourth-order valence-corrected chi connectivity index (χ4v) is 1.03. The van der Waals surface area contributed by atoms with Crippen molar-refractivity contribution in [1.29, 1.82) is 0 Å². The number of carbonyl (C=O) groups excluding carboxylic acids is 2. The van der Waals surface area contributed by atoms with E-state index in [0.717, 1.165) is 5.57 Å². The Morgan fingerprint density at radius 1 is 1.38 bits per heavy atom. The quantitative estimate of drug-likeness (QED) is 0.227. The van der Waals surface area contributed by atoms with Crippen LogP contribution in [0.3, 0.4) is 0 Å². The van der Waals surface area contributed by atoms with Gasteiger partial charge in [-0.15, -0.1) is 0 Å². The summed E-state index contributed by atoms with van der Waals surface area (Å²) >= 11 is 0. The first-order valence-electron chi connectivity index (χ1n) is 4.96. The minimum absolute atomic E-state index is 0.141. The third-order valence-electron chi connectivity index (χ3n) is 1.81. The largest absolute Gasteiger partial charge is 0.392 e. The topological polar surface area (TPSA) is 43.4 Å². The molecule has 0 aliphatic rings. The second-order valence-corrected chi connectivity index (χ2v) is 3.06. The molecule has 0 spiro atoms. The van der Waals surface area contributed by atoms with E-state index in [4.69, 9.17) is 0 Å². The van der Waals surface area contributed by atoms with E-state index in [9.17, 15) is 9.59 Å². The molecule has 0 atom stereocenters. The monoisotopic (exact) mass is 220 g/mol. The third-order valence-corrected chi connectivity index (χ3v) is 1.81. The fourth-order valence-electron chi connectivity index (χ4n) is 1.03. The predicted octanol–water partition coefficient (Wildman–Crippen LogP) is 2.71. The van der Waals surface area contributed by atoms with Gasteiger partial charge < -0.3 is 4.74 Å². The van der Waals surface area contributed by atoms with Crippen molar-refractivity contribution < 1.29 is 14.3 Å². The summed E-state index contributed by atoms with van der Waals surface area (Å²) in [5.41, 5.74) is 1.37. The van der Waals surface area contributed by atoms with E-state index in [1.165, 1.54) is 0 Å². The maximum atomic E-state index is 11.3.